The molecule has 1 N–H and O–H groups in total. The molecule has 0 aliphatic carbocycles. The molecule has 0 bridgehead atoms. The van der Waals surface area contributed by atoms with Crippen LogP contribution in [0.15, 0.2) is 33.5 Å². The van der Waals surface area contributed by atoms with Gasteiger partial charge in [-0.1, -0.05) is 7.43 Å². The second-order valence-corrected chi connectivity index (χ2v) is 2.93. The van der Waals surface area contributed by atoms with Crippen LogP contribution in [0.5, 0.6) is 5.75 Å². The molecule has 0 aliphatic heterocycles. The number of hydrogen-bond donors (Lipinski definition) is 1. The highest BCUT2D eigenvalue weighted by Gasteiger charge is 2.01. The second-order valence-electron chi connectivity index (χ2n) is 2.93. The number of hydrogen-bond acceptors (Lipinski definition) is 3. The topological polar surface area (TPSA) is 50.4 Å². The maximum atomic E-state index is 11.0. The molecule has 14 heavy (non-hydrogen) atoms. The Balaban J connectivity index is 0.000000980. The number of aromatic hydroxyl groups is 1. The van der Waals surface area contributed by atoms with E-state index in [1.54, 1.807) is 12.1 Å². The summed E-state index contributed by atoms with van der Waals surface area (Å²) in [5.41, 5.74) is 0.881. The summed E-state index contributed by atoms with van der Waals surface area (Å²) in [4.78, 5) is 11.0. The van der Waals surface area contributed by atoms with Crippen LogP contribution < -0.4 is 5.63 Å². The highest BCUT2D eigenvalue weighted by Crippen LogP contribution is 2.20. The normalized spacial score (nSPS) is 9.79. The van der Waals surface area contributed by atoms with Gasteiger partial charge in [0.2, 0.25) is 0 Å². The maximum Gasteiger partial charge on any atom is 0.336 e. The van der Waals surface area contributed by atoms with Gasteiger partial charge in [-0.15, -0.1) is 0 Å². The summed E-state index contributed by atoms with van der Waals surface area (Å²) in [6.07, 6.45) is 0. The zero-order chi connectivity index (χ0) is 9.42. The van der Waals surface area contributed by atoms with Crippen LogP contribution in [-0.4, -0.2) is 5.11 Å². The maximum absolute atomic E-state index is 11.0. The smallest absolute Gasteiger partial charge is 0.336 e. The minimum absolute atomic E-state index is 0. The molecule has 0 spiro atoms. The van der Waals surface area contributed by atoms with Crippen molar-refractivity contribution < 1.29 is 9.52 Å². The Morgan fingerprint density at radius 3 is 2.71 bits per heavy atom. The van der Waals surface area contributed by atoms with Crippen molar-refractivity contribution in [2.24, 2.45) is 0 Å². The molecule has 2 aromatic rings. The molecule has 1 aromatic heterocycles. The second kappa shape index (κ2) is 3.54. The number of rotatable bonds is 0. The van der Waals surface area contributed by atoms with Crippen LogP contribution in [0.25, 0.3) is 11.0 Å². The Kier molecular flexibility index (Phi) is 2.60. The molecule has 1 heterocycles. The first-order chi connectivity index (χ1) is 6.16. The van der Waals surface area contributed by atoms with Gasteiger partial charge in [-0.05, 0) is 24.6 Å². The molecule has 74 valence electrons. The van der Waals surface area contributed by atoms with Gasteiger partial charge < -0.3 is 9.52 Å². The number of fused-ring (bicyclic) bond motifs is 1. The van der Waals surface area contributed by atoms with Crippen molar-refractivity contribution in [3.05, 3.63) is 40.2 Å². The SMILES string of the molecule is C.Cc1cc(=O)oc2cc(O)ccc12. The van der Waals surface area contributed by atoms with Crippen molar-refractivity contribution in [2.75, 3.05) is 0 Å². The lowest BCUT2D eigenvalue weighted by Gasteiger charge is -1.99. The summed E-state index contributed by atoms with van der Waals surface area (Å²) in [5.74, 6) is 0.0984. The highest BCUT2D eigenvalue weighted by molar-refractivity contribution is 5.81. The number of benzene rings is 1. The summed E-state index contributed by atoms with van der Waals surface area (Å²) < 4.78 is 4.91. The summed E-state index contributed by atoms with van der Waals surface area (Å²) in [6, 6.07) is 6.15. The predicted octanol–water partition coefficient (Wildman–Crippen LogP) is 2.44. The Hall–Kier alpha value is -1.77. The summed E-state index contributed by atoms with van der Waals surface area (Å²) >= 11 is 0. The lowest BCUT2D eigenvalue weighted by molar-refractivity contribution is 0.473. The average Bonchev–Trinajstić information content (AvgIpc) is 2.02. The minimum Gasteiger partial charge on any atom is -0.508 e. The average molecular weight is 192 g/mol. The fourth-order valence-electron chi connectivity index (χ4n) is 1.31. The third kappa shape index (κ3) is 1.62. The van der Waals surface area contributed by atoms with Gasteiger partial charge in [0, 0.05) is 17.5 Å². The van der Waals surface area contributed by atoms with E-state index >= 15 is 0 Å². The van der Waals surface area contributed by atoms with Gasteiger partial charge >= 0.3 is 5.63 Å². The minimum atomic E-state index is -0.393. The van der Waals surface area contributed by atoms with E-state index in [-0.39, 0.29) is 13.2 Å². The van der Waals surface area contributed by atoms with Crippen LogP contribution in [0.4, 0.5) is 0 Å². The van der Waals surface area contributed by atoms with E-state index < -0.39 is 5.63 Å². The Bertz CT molecular complexity index is 511. The van der Waals surface area contributed by atoms with Gasteiger partial charge in [-0.25, -0.2) is 4.79 Å². The van der Waals surface area contributed by atoms with E-state index in [9.17, 15) is 4.79 Å². The Morgan fingerprint density at radius 2 is 2.00 bits per heavy atom. The van der Waals surface area contributed by atoms with E-state index in [1.165, 1.54) is 12.1 Å². The van der Waals surface area contributed by atoms with E-state index in [4.69, 9.17) is 9.52 Å². The van der Waals surface area contributed by atoms with Crippen LogP contribution in [0.2, 0.25) is 0 Å². The van der Waals surface area contributed by atoms with Gasteiger partial charge in [0.1, 0.15) is 11.3 Å². The third-order valence-electron chi connectivity index (χ3n) is 1.93. The van der Waals surface area contributed by atoms with Crippen molar-refractivity contribution in [1.82, 2.24) is 0 Å². The van der Waals surface area contributed by atoms with Crippen molar-refractivity contribution in [1.29, 1.82) is 0 Å². The number of phenols is 1. The van der Waals surface area contributed by atoms with Crippen LogP contribution >= 0.6 is 0 Å². The van der Waals surface area contributed by atoms with Crippen LogP contribution in [-0.2, 0) is 0 Å². The summed E-state index contributed by atoms with van der Waals surface area (Å²) in [7, 11) is 0. The zero-order valence-corrected chi connectivity index (χ0v) is 7.07. The predicted molar refractivity (Wildman–Crippen MR) is 55.6 cm³/mol. The summed E-state index contributed by atoms with van der Waals surface area (Å²) in [6.45, 7) is 1.83. The van der Waals surface area contributed by atoms with Crippen LogP contribution in [0, 0.1) is 6.92 Å². The third-order valence-corrected chi connectivity index (χ3v) is 1.93. The molecule has 0 atom stereocenters. The molecule has 2 rings (SSSR count). The first-order valence-electron chi connectivity index (χ1n) is 3.90. The number of phenolic OH excluding ortho intramolecular Hbond substituents is 1. The standard InChI is InChI=1S/C10H8O3.CH4/c1-6-4-10(12)13-9-5-7(11)2-3-8(6)9;/h2-5,11H,1H3;1H4. The molecule has 0 saturated carbocycles. The summed E-state index contributed by atoms with van der Waals surface area (Å²) in [5, 5.41) is 9.99. The highest BCUT2D eigenvalue weighted by atomic mass is 16.4. The van der Waals surface area contributed by atoms with Gasteiger partial charge in [0.05, 0.1) is 0 Å². The molecule has 0 fully saturated rings. The quantitative estimate of drug-likeness (QED) is 0.652. The first kappa shape index (κ1) is 10.3. The van der Waals surface area contributed by atoms with Crippen molar-refractivity contribution in [3.63, 3.8) is 0 Å². The molecule has 0 radical (unpaired) electrons. The molecule has 0 aliphatic rings. The van der Waals surface area contributed by atoms with Crippen LogP contribution in [0.3, 0.4) is 0 Å². The largest absolute Gasteiger partial charge is 0.508 e. The van der Waals surface area contributed by atoms with Crippen LogP contribution in [0.1, 0.15) is 13.0 Å². The zero-order valence-electron chi connectivity index (χ0n) is 7.07. The molecule has 3 heteroatoms. The van der Waals surface area contributed by atoms with E-state index in [1.807, 2.05) is 6.92 Å². The fourth-order valence-corrected chi connectivity index (χ4v) is 1.31. The fraction of sp³-hybridized carbons (Fsp3) is 0.182. The van der Waals surface area contributed by atoms with Gasteiger partial charge in [-0.2, -0.15) is 0 Å². The lowest BCUT2D eigenvalue weighted by Crippen LogP contribution is -1.97. The molecule has 0 amide bonds. The van der Waals surface area contributed by atoms with Gasteiger partial charge in [0.25, 0.3) is 0 Å². The molecule has 3 nitrogen and oxygen atoms in total. The van der Waals surface area contributed by atoms with Crippen molar-refractivity contribution >= 4 is 11.0 Å². The van der Waals surface area contributed by atoms with E-state index in [2.05, 4.69) is 0 Å². The molecular weight excluding hydrogens is 180 g/mol. The van der Waals surface area contributed by atoms with E-state index in [0.29, 0.717) is 5.58 Å². The Morgan fingerprint density at radius 1 is 1.29 bits per heavy atom. The van der Waals surface area contributed by atoms with Crippen molar-refractivity contribution in [3.8, 4) is 5.75 Å². The monoisotopic (exact) mass is 192 g/mol. The lowest BCUT2D eigenvalue weighted by atomic mass is 10.1. The van der Waals surface area contributed by atoms with E-state index in [0.717, 1.165) is 10.9 Å². The first-order valence-corrected chi connectivity index (χ1v) is 3.90. The number of aryl methyl sites for hydroxylation is 1. The Labute approximate surface area is 81.6 Å². The molecular formula is C11H12O3. The van der Waals surface area contributed by atoms with Gasteiger partial charge in [-0.3, -0.25) is 0 Å². The molecule has 0 saturated heterocycles. The van der Waals surface area contributed by atoms with Crippen molar-refractivity contribution in [2.45, 2.75) is 14.4 Å². The molecule has 0 unspecified atom stereocenters. The molecule has 1 aromatic carbocycles. The van der Waals surface area contributed by atoms with Gasteiger partial charge in [0.15, 0.2) is 0 Å².